The van der Waals surface area contributed by atoms with Crippen LogP contribution < -0.4 is 5.73 Å². The van der Waals surface area contributed by atoms with Gasteiger partial charge in [0.15, 0.2) is 0 Å². The molecule has 0 bridgehead atoms. The van der Waals surface area contributed by atoms with E-state index < -0.39 is 5.54 Å². The van der Waals surface area contributed by atoms with E-state index in [4.69, 9.17) is 5.73 Å². The predicted molar refractivity (Wildman–Crippen MR) is 50.3 cm³/mol. The lowest BCUT2D eigenvalue weighted by Crippen LogP contribution is -2.48. The fraction of sp³-hybridized carbons (Fsp3) is 0.667. The van der Waals surface area contributed by atoms with E-state index in [2.05, 4.69) is 10.3 Å². The standard InChI is InChI=1S/C9H14N4O/c10-8(14)9(4-2-1-3-5-9)13-7-6-11-12-13/h6-7H,1-5H2,(H2,10,14). The molecule has 1 amide bonds. The third-order valence-electron chi connectivity index (χ3n) is 3.00. The van der Waals surface area contributed by atoms with Gasteiger partial charge in [-0.25, -0.2) is 4.68 Å². The fourth-order valence-electron chi connectivity index (χ4n) is 2.16. The Hall–Kier alpha value is -1.39. The number of hydrogen-bond acceptors (Lipinski definition) is 3. The van der Waals surface area contributed by atoms with E-state index in [9.17, 15) is 4.79 Å². The van der Waals surface area contributed by atoms with Crippen molar-refractivity contribution in [3.63, 3.8) is 0 Å². The van der Waals surface area contributed by atoms with Crippen molar-refractivity contribution < 1.29 is 4.79 Å². The molecule has 1 saturated carbocycles. The SMILES string of the molecule is NC(=O)C1(n2ccnn2)CCCCC1. The maximum Gasteiger partial charge on any atom is 0.245 e. The largest absolute Gasteiger partial charge is 0.368 e. The summed E-state index contributed by atoms with van der Waals surface area (Å²) in [5.41, 5.74) is 4.85. The van der Waals surface area contributed by atoms with Crippen LogP contribution in [0.15, 0.2) is 12.4 Å². The van der Waals surface area contributed by atoms with Crippen molar-refractivity contribution in [2.24, 2.45) is 5.73 Å². The van der Waals surface area contributed by atoms with Crippen LogP contribution in [0.1, 0.15) is 32.1 Å². The Morgan fingerprint density at radius 1 is 1.36 bits per heavy atom. The molecule has 5 nitrogen and oxygen atoms in total. The number of carbonyl (C=O) groups excluding carboxylic acids is 1. The summed E-state index contributed by atoms with van der Waals surface area (Å²) >= 11 is 0. The van der Waals surface area contributed by atoms with Crippen LogP contribution in [0, 0.1) is 0 Å². The van der Waals surface area contributed by atoms with Crippen LogP contribution >= 0.6 is 0 Å². The van der Waals surface area contributed by atoms with Crippen LogP contribution in [0.25, 0.3) is 0 Å². The number of hydrogen-bond donors (Lipinski definition) is 1. The first-order chi connectivity index (χ1) is 6.76. The molecule has 0 radical (unpaired) electrons. The number of amides is 1. The molecule has 0 atom stereocenters. The average Bonchev–Trinajstić information content (AvgIpc) is 2.72. The van der Waals surface area contributed by atoms with E-state index in [1.165, 1.54) is 6.42 Å². The first-order valence-electron chi connectivity index (χ1n) is 4.92. The summed E-state index contributed by atoms with van der Waals surface area (Å²) in [7, 11) is 0. The number of aromatic nitrogens is 3. The summed E-state index contributed by atoms with van der Waals surface area (Å²) in [4.78, 5) is 11.5. The number of nitrogens with two attached hydrogens (primary N) is 1. The number of rotatable bonds is 2. The van der Waals surface area contributed by atoms with Gasteiger partial charge >= 0.3 is 0 Å². The maximum absolute atomic E-state index is 11.5. The summed E-state index contributed by atoms with van der Waals surface area (Å²) in [6.07, 6.45) is 8.10. The maximum atomic E-state index is 11.5. The minimum Gasteiger partial charge on any atom is -0.368 e. The van der Waals surface area contributed by atoms with E-state index >= 15 is 0 Å². The Bertz CT molecular complexity index is 314. The fourth-order valence-corrected chi connectivity index (χ4v) is 2.16. The zero-order valence-corrected chi connectivity index (χ0v) is 8.02. The minimum absolute atomic E-state index is 0.289. The molecule has 76 valence electrons. The van der Waals surface area contributed by atoms with Gasteiger partial charge in [0.05, 0.1) is 6.20 Å². The summed E-state index contributed by atoms with van der Waals surface area (Å²) < 4.78 is 1.62. The molecule has 0 aromatic carbocycles. The Morgan fingerprint density at radius 2 is 2.07 bits per heavy atom. The molecule has 0 spiro atoms. The summed E-state index contributed by atoms with van der Waals surface area (Å²) in [5, 5.41) is 7.63. The van der Waals surface area contributed by atoms with Gasteiger partial charge in [-0.2, -0.15) is 0 Å². The lowest BCUT2D eigenvalue weighted by atomic mass is 9.81. The highest BCUT2D eigenvalue weighted by molar-refractivity contribution is 5.82. The van der Waals surface area contributed by atoms with Crippen LogP contribution in [0.4, 0.5) is 0 Å². The molecule has 2 N–H and O–H groups in total. The zero-order chi connectivity index (χ0) is 10.0. The van der Waals surface area contributed by atoms with Gasteiger partial charge in [0.1, 0.15) is 5.54 Å². The highest BCUT2D eigenvalue weighted by Gasteiger charge is 2.40. The van der Waals surface area contributed by atoms with Gasteiger partial charge in [0.25, 0.3) is 0 Å². The molecule has 2 rings (SSSR count). The van der Waals surface area contributed by atoms with Crippen LogP contribution in [-0.2, 0) is 10.3 Å². The van der Waals surface area contributed by atoms with E-state index in [1.54, 1.807) is 17.1 Å². The topological polar surface area (TPSA) is 73.8 Å². The molecule has 0 saturated heterocycles. The molecule has 1 aliphatic rings. The van der Waals surface area contributed by atoms with Crippen molar-refractivity contribution in [2.45, 2.75) is 37.6 Å². The highest BCUT2D eigenvalue weighted by Crippen LogP contribution is 2.33. The molecular weight excluding hydrogens is 180 g/mol. The quantitative estimate of drug-likeness (QED) is 0.741. The normalized spacial score (nSPS) is 20.6. The molecule has 1 heterocycles. The van der Waals surface area contributed by atoms with Crippen molar-refractivity contribution in [3.05, 3.63) is 12.4 Å². The summed E-state index contributed by atoms with van der Waals surface area (Å²) in [6, 6.07) is 0. The Morgan fingerprint density at radius 3 is 2.57 bits per heavy atom. The number of nitrogens with zero attached hydrogens (tertiary/aromatic N) is 3. The second-order valence-corrected chi connectivity index (χ2v) is 3.80. The third-order valence-corrected chi connectivity index (χ3v) is 3.00. The first-order valence-corrected chi connectivity index (χ1v) is 4.92. The van der Waals surface area contributed by atoms with Gasteiger partial charge < -0.3 is 5.73 Å². The molecule has 0 aliphatic heterocycles. The molecule has 0 unspecified atom stereocenters. The Labute approximate surface area is 82.3 Å². The van der Waals surface area contributed by atoms with Gasteiger partial charge in [-0.1, -0.05) is 24.5 Å². The second-order valence-electron chi connectivity index (χ2n) is 3.80. The highest BCUT2D eigenvalue weighted by atomic mass is 16.1. The van der Waals surface area contributed by atoms with E-state index in [1.807, 2.05) is 0 Å². The van der Waals surface area contributed by atoms with Gasteiger partial charge in [-0.05, 0) is 12.8 Å². The summed E-state index contributed by atoms with van der Waals surface area (Å²) in [6.45, 7) is 0. The molecular formula is C9H14N4O. The Balaban J connectivity index is 2.35. The van der Waals surface area contributed by atoms with Crippen molar-refractivity contribution in [1.29, 1.82) is 0 Å². The second kappa shape index (κ2) is 3.40. The molecule has 5 heteroatoms. The number of carbonyl (C=O) groups is 1. The first kappa shape index (κ1) is 9.18. The van der Waals surface area contributed by atoms with Crippen molar-refractivity contribution in [3.8, 4) is 0 Å². The van der Waals surface area contributed by atoms with E-state index in [0.29, 0.717) is 0 Å². The zero-order valence-electron chi connectivity index (χ0n) is 8.02. The van der Waals surface area contributed by atoms with Crippen LogP contribution in [0.5, 0.6) is 0 Å². The Kier molecular flexibility index (Phi) is 2.23. The number of primary amides is 1. The molecule has 14 heavy (non-hydrogen) atoms. The molecule has 1 aliphatic carbocycles. The van der Waals surface area contributed by atoms with Crippen molar-refractivity contribution in [2.75, 3.05) is 0 Å². The van der Waals surface area contributed by atoms with E-state index in [-0.39, 0.29) is 5.91 Å². The lowest BCUT2D eigenvalue weighted by Gasteiger charge is -2.33. The van der Waals surface area contributed by atoms with E-state index in [0.717, 1.165) is 25.7 Å². The van der Waals surface area contributed by atoms with Gasteiger partial charge in [-0.15, -0.1) is 5.10 Å². The predicted octanol–water partition coefficient (Wildman–Crippen LogP) is 0.423. The monoisotopic (exact) mass is 194 g/mol. The van der Waals surface area contributed by atoms with Crippen LogP contribution in [0.2, 0.25) is 0 Å². The van der Waals surface area contributed by atoms with Gasteiger partial charge in [0, 0.05) is 6.20 Å². The smallest absolute Gasteiger partial charge is 0.245 e. The summed E-state index contributed by atoms with van der Waals surface area (Å²) in [5.74, 6) is -0.289. The van der Waals surface area contributed by atoms with Crippen LogP contribution in [-0.4, -0.2) is 20.9 Å². The van der Waals surface area contributed by atoms with Crippen molar-refractivity contribution >= 4 is 5.91 Å². The van der Waals surface area contributed by atoms with Gasteiger partial charge in [-0.3, -0.25) is 4.79 Å². The third kappa shape index (κ3) is 1.29. The molecule has 1 aromatic heterocycles. The van der Waals surface area contributed by atoms with Crippen molar-refractivity contribution in [1.82, 2.24) is 15.0 Å². The average molecular weight is 194 g/mol. The molecule has 1 aromatic rings. The molecule has 1 fully saturated rings. The van der Waals surface area contributed by atoms with Gasteiger partial charge in [0.2, 0.25) is 5.91 Å². The lowest BCUT2D eigenvalue weighted by molar-refractivity contribution is -0.128. The van der Waals surface area contributed by atoms with Crippen LogP contribution in [0.3, 0.4) is 0 Å². The minimum atomic E-state index is -0.616.